The first kappa shape index (κ1) is 14.4. The van der Waals surface area contributed by atoms with Gasteiger partial charge in [0.1, 0.15) is 5.82 Å². The van der Waals surface area contributed by atoms with Gasteiger partial charge in [0.05, 0.1) is 11.4 Å². The number of hydrogen-bond donors (Lipinski definition) is 1. The second kappa shape index (κ2) is 5.53. The van der Waals surface area contributed by atoms with E-state index in [4.69, 9.17) is 5.73 Å². The van der Waals surface area contributed by atoms with E-state index < -0.39 is 0 Å². The van der Waals surface area contributed by atoms with Gasteiger partial charge in [0, 0.05) is 12.7 Å². The largest absolute Gasteiger partial charge is 0.397 e. The minimum absolute atomic E-state index is 0.517. The fourth-order valence-electron chi connectivity index (χ4n) is 2.22. The van der Waals surface area contributed by atoms with Crippen molar-refractivity contribution in [3.05, 3.63) is 47.2 Å². The smallest absolute Gasteiger partial charge is 0.133 e. The Morgan fingerprint density at radius 3 is 2.40 bits per heavy atom. The van der Waals surface area contributed by atoms with Gasteiger partial charge in [0.15, 0.2) is 0 Å². The molecule has 1 aromatic carbocycles. The summed E-state index contributed by atoms with van der Waals surface area (Å²) in [7, 11) is 2.05. The first-order valence-electron chi connectivity index (χ1n) is 6.97. The fraction of sp³-hybridized carbons (Fsp3) is 0.353. The predicted octanol–water partition coefficient (Wildman–Crippen LogP) is 4.17. The van der Waals surface area contributed by atoms with Gasteiger partial charge in [0.25, 0.3) is 0 Å². The molecule has 2 aromatic rings. The van der Waals surface area contributed by atoms with E-state index in [9.17, 15) is 0 Å². The van der Waals surface area contributed by atoms with Crippen LogP contribution >= 0.6 is 0 Å². The van der Waals surface area contributed by atoms with E-state index in [2.05, 4.69) is 48.9 Å². The summed E-state index contributed by atoms with van der Waals surface area (Å²) in [5.74, 6) is 1.43. The van der Waals surface area contributed by atoms with Crippen molar-refractivity contribution in [2.45, 2.75) is 33.6 Å². The number of nitrogens with zero attached hydrogens (tertiary/aromatic N) is 2. The van der Waals surface area contributed by atoms with Crippen molar-refractivity contribution in [2.75, 3.05) is 17.7 Å². The van der Waals surface area contributed by atoms with E-state index in [0.717, 1.165) is 17.2 Å². The molecule has 0 aliphatic carbocycles. The number of pyridine rings is 1. The van der Waals surface area contributed by atoms with Gasteiger partial charge in [-0.05, 0) is 49.1 Å². The average molecular weight is 269 g/mol. The molecule has 0 atom stereocenters. The van der Waals surface area contributed by atoms with Gasteiger partial charge in [0.2, 0.25) is 0 Å². The quantitative estimate of drug-likeness (QED) is 0.909. The molecule has 0 spiro atoms. The summed E-state index contributed by atoms with van der Waals surface area (Å²) in [6, 6.07) is 10.5. The summed E-state index contributed by atoms with van der Waals surface area (Å²) in [5.41, 5.74) is 11.2. The number of anilines is 3. The zero-order chi connectivity index (χ0) is 14.9. The normalized spacial score (nSPS) is 10.9. The van der Waals surface area contributed by atoms with E-state index in [0.29, 0.717) is 5.92 Å². The van der Waals surface area contributed by atoms with Crippen LogP contribution in [0.4, 0.5) is 17.2 Å². The number of nitrogen functional groups attached to an aromatic ring is 1. The molecule has 0 bridgehead atoms. The van der Waals surface area contributed by atoms with E-state index in [1.807, 2.05) is 26.1 Å². The van der Waals surface area contributed by atoms with Crippen molar-refractivity contribution in [2.24, 2.45) is 0 Å². The van der Waals surface area contributed by atoms with Crippen LogP contribution in [0.3, 0.4) is 0 Å². The number of hydrogen-bond acceptors (Lipinski definition) is 3. The number of rotatable bonds is 3. The van der Waals surface area contributed by atoms with Crippen LogP contribution < -0.4 is 10.6 Å². The van der Waals surface area contributed by atoms with Crippen molar-refractivity contribution in [3.63, 3.8) is 0 Å². The van der Waals surface area contributed by atoms with Gasteiger partial charge in [-0.15, -0.1) is 0 Å². The van der Waals surface area contributed by atoms with Crippen LogP contribution in [0.25, 0.3) is 0 Å². The average Bonchev–Trinajstić information content (AvgIpc) is 2.41. The zero-order valence-electron chi connectivity index (χ0n) is 12.9. The highest BCUT2D eigenvalue weighted by Gasteiger charge is 2.11. The van der Waals surface area contributed by atoms with Crippen molar-refractivity contribution in [1.29, 1.82) is 0 Å². The second-order valence-electron chi connectivity index (χ2n) is 5.60. The Morgan fingerprint density at radius 2 is 1.80 bits per heavy atom. The third-order valence-electron chi connectivity index (χ3n) is 3.72. The number of nitrogens with two attached hydrogens (primary N) is 1. The summed E-state index contributed by atoms with van der Waals surface area (Å²) >= 11 is 0. The molecule has 0 fully saturated rings. The third kappa shape index (κ3) is 2.77. The molecule has 20 heavy (non-hydrogen) atoms. The third-order valence-corrected chi connectivity index (χ3v) is 3.72. The standard InChI is InChI=1S/C17H23N3/c1-11(2)14-7-6-12(3)16(10-14)20(5)17-9-8-15(18)13(4)19-17/h6-11H,18H2,1-5H3. The molecular weight excluding hydrogens is 246 g/mol. The van der Waals surface area contributed by atoms with Gasteiger partial charge >= 0.3 is 0 Å². The van der Waals surface area contributed by atoms with Crippen molar-refractivity contribution in [1.82, 2.24) is 4.98 Å². The summed E-state index contributed by atoms with van der Waals surface area (Å²) < 4.78 is 0. The molecule has 3 heteroatoms. The molecule has 0 aliphatic heterocycles. The van der Waals surface area contributed by atoms with Crippen LogP contribution in [0.5, 0.6) is 0 Å². The Hall–Kier alpha value is -2.03. The SMILES string of the molecule is Cc1ccc(C(C)C)cc1N(C)c1ccc(N)c(C)n1. The highest BCUT2D eigenvalue weighted by Crippen LogP contribution is 2.29. The number of benzene rings is 1. The molecule has 1 heterocycles. The molecule has 0 saturated carbocycles. The zero-order valence-corrected chi connectivity index (χ0v) is 12.9. The maximum Gasteiger partial charge on any atom is 0.133 e. The number of aryl methyl sites for hydroxylation is 2. The minimum Gasteiger partial charge on any atom is -0.397 e. The van der Waals surface area contributed by atoms with Crippen LogP contribution in [-0.2, 0) is 0 Å². The Bertz CT molecular complexity index is 618. The Kier molecular flexibility index (Phi) is 3.98. The first-order valence-corrected chi connectivity index (χ1v) is 6.97. The van der Waals surface area contributed by atoms with Gasteiger partial charge in [-0.25, -0.2) is 4.98 Å². The summed E-state index contributed by atoms with van der Waals surface area (Å²) in [4.78, 5) is 6.68. The van der Waals surface area contributed by atoms with Crippen LogP contribution in [0.15, 0.2) is 30.3 Å². The van der Waals surface area contributed by atoms with Crippen molar-refractivity contribution in [3.8, 4) is 0 Å². The van der Waals surface area contributed by atoms with Crippen molar-refractivity contribution < 1.29 is 0 Å². The maximum atomic E-state index is 5.84. The molecule has 0 saturated heterocycles. The van der Waals surface area contributed by atoms with Crippen LogP contribution in [0, 0.1) is 13.8 Å². The maximum absolute atomic E-state index is 5.84. The van der Waals surface area contributed by atoms with Crippen LogP contribution in [0.1, 0.15) is 36.6 Å². The monoisotopic (exact) mass is 269 g/mol. The lowest BCUT2D eigenvalue weighted by Crippen LogP contribution is -2.14. The van der Waals surface area contributed by atoms with Gasteiger partial charge in [-0.1, -0.05) is 26.0 Å². The predicted molar refractivity (Wildman–Crippen MR) is 86.7 cm³/mol. The van der Waals surface area contributed by atoms with Gasteiger partial charge < -0.3 is 10.6 Å². The van der Waals surface area contributed by atoms with Gasteiger partial charge in [-0.3, -0.25) is 0 Å². The van der Waals surface area contributed by atoms with E-state index in [-0.39, 0.29) is 0 Å². The lowest BCUT2D eigenvalue weighted by Gasteiger charge is -2.22. The molecule has 2 rings (SSSR count). The molecule has 0 unspecified atom stereocenters. The summed E-state index contributed by atoms with van der Waals surface area (Å²) in [6.45, 7) is 8.48. The lowest BCUT2D eigenvalue weighted by atomic mass is 10.0. The topological polar surface area (TPSA) is 42.1 Å². The molecule has 0 radical (unpaired) electrons. The molecule has 1 aromatic heterocycles. The highest BCUT2D eigenvalue weighted by molar-refractivity contribution is 5.65. The minimum atomic E-state index is 0.517. The summed E-state index contributed by atoms with van der Waals surface area (Å²) in [5, 5.41) is 0. The second-order valence-corrected chi connectivity index (χ2v) is 5.60. The summed E-state index contributed by atoms with van der Waals surface area (Å²) in [6.07, 6.45) is 0. The Labute approximate surface area is 121 Å². The molecule has 3 nitrogen and oxygen atoms in total. The molecular formula is C17H23N3. The van der Waals surface area contributed by atoms with E-state index >= 15 is 0 Å². The van der Waals surface area contributed by atoms with Crippen LogP contribution in [-0.4, -0.2) is 12.0 Å². The molecule has 0 aliphatic rings. The van der Waals surface area contributed by atoms with E-state index in [1.54, 1.807) is 0 Å². The van der Waals surface area contributed by atoms with Crippen LogP contribution in [0.2, 0.25) is 0 Å². The number of aromatic nitrogens is 1. The molecule has 2 N–H and O–H groups in total. The highest BCUT2D eigenvalue weighted by atomic mass is 15.2. The molecule has 0 amide bonds. The van der Waals surface area contributed by atoms with Gasteiger partial charge in [-0.2, -0.15) is 0 Å². The first-order chi connectivity index (χ1) is 9.40. The Balaban J connectivity index is 2.44. The van der Waals surface area contributed by atoms with E-state index in [1.165, 1.54) is 16.8 Å². The molecule has 106 valence electrons. The Morgan fingerprint density at radius 1 is 1.10 bits per heavy atom. The lowest BCUT2D eigenvalue weighted by molar-refractivity contribution is 0.864. The fourth-order valence-corrected chi connectivity index (χ4v) is 2.22. The van der Waals surface area contributed by atoms with Crippen molar-refractivity contribution >= 4 is 17.2 Å².